The first-order valence-electron chi connectivity index (χ1n) is 21.8. The highest BCUT2D eigenvalue weighted by atomic mass is 19.1. The Morgan fingerprint density at radius 1 is 0.781 bits per heavy atom. The van der Waals surface area contributed by atoms with Crippen LogP contribution in [0.15, 0.2) is 109 Å². The highest BCUT2D eigenvalue weighted by Gasteiger charge is 2.46. The van der Waals surface area contributed by atoms with Crippen molar-refractivity contribution in [2.24, 2.45) is 5.92 Å². The summed E-state index contributed by atoms with van der Waals surface area (Å²) in [4.78, 5) is 71.0. The van der Waals surface area contributed by atoms with Gasteiger partial charge in [-0.15, -0.1) is 0 Å². The van der Waals surface area contributed by atoms with Crippen LogP contribution in [-0.2, 0) is 54.6 Å². The SMILES string of the molecule is C[C@H](CN(C(=O)OC(C)(C)C)[C@H](C(=O)N(C)[C@H](C)C(=O)N[C@@H](Cc1ccc(F)cc1)C(=O)OCc1ccccc1)C1CC1)Oc1ccccc1CCCNC(=O)OCc1ccccc1. The molecule has 2 N–H and O–H groups in total. The normalized spacial score (nSPS) is 14.2. The van der Waals surface area contributed by atoms with Gasteiger partial charge in [0.05, 0.1) is 6.54 Å². The monoisotopic (exact) mass is 880 g/mol. The summed E-state index contributed by atoms with van der Waals surface area (Å²) in [5.41, 5.74) is 2.27. The number of para-hydroxylation sites is 1. The average molecular weight is 881 g/mol. The lowest BCUT2D eigenvalue weighted by atomic mass is 10.0. The van der Waals surface area contributed by atoms with E-state index in [2.05, 4.69) is 10.6 Å². The molecule has 4 atom stereocenters. The fourth-order valence-corrected chi connectivity index (χ4v) is 6.97. The number of amides is 4. The van der Waals surface area contributed by atoms with Gasteiger partial charge in [-0.05, 0) is 107 Å². The van der Waals surface area contributed by atoms with Crippen molar-refractivity contribution < 1.29 is 47.3 Å². The number of aryl methyl sites for hydroxylation is 1. The van der Waals surface area contributed by atoms with Crippen molar-refractivity contribution in [3.05, 3.63) is 137 Å². The molecule has 0 heterocycles. The fraction of sp³-hybridized carbons (Fsp3) is 0.420. The molecule has 1 aliphatic rings. The van der Waals surface area contributed by atoms with E-state index in [4.69, 9.17) is 18.9 Å². The number of likely N-dealkylation sites (N-methyl/N-ethyl adjacent to an activating group) is 1. The van der Waals surface area contributed by atoms with Crippen LogP contribution in [0.5, 0.6) is 5.75 Å². The number of rotatable bonds is 21. The summed E-state index contributed by atoms with van der Waals surface area (Å²) in [7, 11) is 1.49. The van der Waals surface area contributed by atoms with Crippen molar-refractivity contribution in [1.82, 2.24) is 20.4 Å². The van der Waals surface area contributed by atoms with Crippen molar-refractivity contribution >= 4 is 30.0 Å². The Kier molecular flexibility index (Phi) is 17.7. The zero-order valence-corrected chi connectivity index (χ0v) is 37.6. The first kappa shape index (κ1) is 48.6. The van der Waals surface area contributed by atoms with E-state index in [-0.39, 0.29) is 32.1 Å². The van der Waals surface area contributed by atoms with E-state index in [0.29, 0.717) is 43.5 Å². The Balaban J connectivity index is 1.25. The molecule has 14 heteroatoms. The van der Waals surface area contributed by atoms with Crippen molar-refractivity contribution in [3.8, 4) is 5.75 Å². The molecular weight excluding hydrogens is 820 g/mol. The van der Waals surface area contributed by atoms with Crippen LogP contribution >= 0.6 is 0 Å². The van der Waals surface area contributed by atoms with Gasteiger partial charge in [0.2, 0.25) is 11.8 Å². The molecule has 1 fully saturated rings. The predicted molar refractivity (Wildman–Crippen MR) is 239 cm³/mol. The van der Waals surface area contributed by atoms with Crippen LogP contribution in [0.3, 0.4) is 0 Å². The van der Waals surface area contributed by atoms with Crippen molar-refractivity contribution in [3.63, 3.8) is 0 Å². The first-order chi connectivity index (χ1) is 30.6. The second-order valence-electron chi connectivity index (χ2n) is 17.2. The molecule has 4 aromatic rings. The summed E-state index contributed by atoms with van der Waals surface area (Å²) in [5, 5.41) is 5.55. The summed E-state index contributed by atoms with van der Waals surface area (Å²) >= 11 is 0. The molecule has 0 saturated heterocycles. The lowest BCUT2D eigenvalue weighted by Gasteiger charge is -2.37. The maximum Gasteiger partial charge on any atom is 0.411 e. The highest BCUT2D eigenvalue weighted by molar-refractivity contribution is 5.93. The van der Waals surface area contributed by atoms with Gasteiger partial charge >= 0.3 is 18.2 Å². The number of nitrogens with zero attached hydrogens (tertiary/aromatic N) is 2. The van der Waals surface area contributed by atoms with Gasteiger partial charge in [0, 0.05) is 20.0 Å². The molecule has 1 saturated carbocycles. The van der Waals surface area contributed by atoms with Crippen LogP contribution in [0.2, 0.25) is 0 Å². The standard InChI is InChI=1S/C50H61FN4O9/c1-34(63-43-22-14-13-20-39(43)21-15-29-52-48(59)62-33-38-18-11-8-12-19-38)31-55(49(60)64-50(3,4)5)44(40-25-26-40)46(57)54(6)35(2)45(56)53-42(30-36-23-27-41(51)28-24-36)47(58)61-32-37-16-9-7-10-17-37/h7-14,16-20,22-24,27-28,34-35,40,42,44H,15,21,25-26,29-33H2,1-6H3,(H,52,59)(H,53,56)/t34-,35-,42+,44+/m1/s1. The smallest absolute Gasteiger partial charge is 0.411 e. The molecule has 0 bridgehead atoms. The van der Waals surface area contributed by atoms with E-state index in [0.717, 1.165) is 16.7 Å². The Morgan fingerprint density at radius 2 is 1.38 bits per heavy atom. The molecule has 5 rings (SSSR count). The Hall–Kier alpha value is -6.44. The molecule has 0 radical (unpaired) electrons. The number of halogens is 1. The van der Waals surface area contributed by atoms with Gasteiger partial charge in [0.25, 0.3) is 0 Å². The molecular formula is C50H61FN4O9. The molecule has 64 heavy (non-hydrogen) atoms. The van der Waals surface area contributed by atoms with Gasteiger partial charge in [0.1, 0.15) is 54.6 Å². The number of hydrogen-bond acceptors (Lipinski definition) is 9. The van der Waals surface area contributed by atoms with Crippen LogP contribution in [0.25, 0.3) is 0 Å². The van der Waals surface area contributed by atoms with Crippen LogP contribution in [0.1, 0.15) is 76.1 Å². The maximum absolute atomic E-state index is 14.6. The van der Waals surface area contributed by atoms with Crippen molar-refractivity contribution in [2.45, 2.75) is 110 Å². The van der Waals surface area contributed by atoms with Crippen molar-refractivity contribution in [1.29, 1.82) is 0 Å². The molecule has 1 aliphatic carbocycles. The summed E-state index contributed by atoms with van der Waals surface area (Å²) in [6, 6.07) is 28.4. The molecule has 13 nitrogen and oxygen atoms in total. The summed E-state index contributed by atoms with van der Waals surface area (Å²) in [5.74, 6) is -1.82. The third-order valence-electron chi connectivity index (χ3n) is 10.6. The van der Waals surface area contributed by atoms with Gasteiger partial charge < -0.3 is 34.5 Å². The summed E-state index contributed by atoms with van der Waals surface area (Å²) < 4.78 is 37.0. The molecule has 0 spiro atoms. The number of carbonyl (C=O) groups excluding carboxylic acids is 5. The Labute approximate surface area is 375 Å². The topological polar surface area (TPSA) is 153 Å². The molecule has 4 aromatic carbocycles. The summed E-state index contributed by atoms with van der Waals surface area (Å²) in [6.45, 7) is 9.12. The van der Waals surface area contributed by atoms with E-state index in [9.17, 15) is 28.4 Å². The number of hydrogen-bond donors (Lipinski definition) is 2. The third-order valence-corrected chi connectivity index (χ3v) is 10.6. The minimum atomic E-state index is -1.15. The predicted octanol–water partition coefficient (Wildman–Crippen LogP) is 7.79. The van der Waals surface area contributed by atoms with Gasteiger partial charge in [-0.25, -0.2) is 18.8 Å². The highest BCUT2D eigenvalue weighted by Crippen LogP contribution is 2.37. The van der Waals surface area contributed by atoms with E-state index in [1.165, 1.54) is 41.1 Å². The van der Waals surface area contributed by atoms with E-state index in [1.807, 2.05) is 91.9 Å². The van der Waals surface area contributed by atoms with Crippen LogP contribution in [0.4, 0.5) is 14.0 Å². The number of carbonyl (C=O) groups is 5. The van der Waals surface area contributed by atoms with E-state index in [1.54, 1.807) is 27.7 Å². The third kappa shape index (κ3) is 15.4. The van der Waals surface area contributed by atoms with Crippen molar-refractivity contribution in [2.75, 3.05) is 20.1 Å². The number of ether oxygens (including phenoxy) is 4. The molecule has 0 aromatic heterocycles. The average Bonchev–Trinajstić information content (AvgIpc) is 4.12. The zero-order valence-electron chi connectivity index (χ0n) is 37.6. The number of benzene rings is 4. The maximum atomic E-state index is 14.6. The van der Waals surface area contributed by atoms with E-state index < -0.39 is 65.6 Å². The van der Waals surface area contributed by atoms with E-state index >= 15 is 0 Å². The Bertz CT molecular complexity index is 2150. The number of nitrogens with one attached hydrogen (secondary N) is 2. The fourth-order valence-electron chi connectivity index (χ4n) is 6.97. The minimum Gasteiger partial charge on any atom is -0.489 e. The quantitative estimate of drug-likeness (QED) is 0.0486. The first-order valence-corrected chi connectivity index (χ1v) is 21.8. The molecule has 0 unspecified atom stereocenters. The van der Waals surface area contributed by atoms with Crippen LogP contribution < -0.4 is 15.4 Å². The molecule has 342 valence electrons. The van der Waals surface area contributed by atoms with Gasteiger partial charge in [-0.2, -0.15) is 0 Å². The largest absolute Gasteiger partial charge is 0.489 e. The minimum absolute atomic E-state index is 0.00756. The second-order valence-corrected chi connectivity index (χ2v) is 17.2. The molecule has 4 amide bonds. The van der Waals surface area contributed by atoms with Gasteiger partial charge in [0.15, 0.2) is 0 Å². The lowest BCUT2D eigenvalue weighted by Crippen LogP contribution is -2.58. The summed E-state index contributed by atoms with van der Waals surface area (Å²) in [6.07, 6.45) is 0.773. The Morgan fingerprint density at radius 3 is 1.98 bits per heavy atom. The van der Waals surface area contributed by atoms with Crippen LogP contribution in [0, 0.1) is 11.7 Å². The van der Waals surface area contributed by atoms with Gasteiger partial charge in [-0.1, -0.05) is 91.0 Å². The second kappa shape index (κ2) is 23.3. The number of alkyl carbamates (subject to hydrolysis) is 1. The lowest BCUT2D eigenvalue weighted by molar-refractivity contribution is -0.150. The molecule has 0 aliphatic heterocycles. The number of esters is 1. The zero-order chi connectivity index (χ0) is 46.2. The van der Waals surface area contributed by atoms with Gasteiger partial charge in [-0.3, -0.25) is 14.5 Å². The van der Waals surface area contributed by atoms with Crippen LogP contribution in [-0.4, -0.2) is 89.7 Å².